The summed E-state index contributed by atoms with van der Waals surface area (Å²) in [6, 6.07) is 0. The molecular weight excluding hydrogens is 416 g/mol. The fourth-order valence-corrected chi connectivity index (χ4v) is 7.24. The van der Waals surface area contributed by atoms with Crippen molar-refractivity contribution in [3.8, 4) is 0 Å². The summed E-state index contributed by atoms with van der Waals surface area (Å²) < 4.78 is 11.6. The summed E-state index contributed by atoms with van der Waals surface area (Å²) in [4.78, 5) is 37.2. The molecule has 2 fully saturated rings. The molecule has 8 atom stereocenters. The average molecular weight is 449 g/mol. The highest BCUT2D eigenvalue weighted by atomic mass is 16.6. The van der Waals surface area contributed by atoms with E-state index in [1.54, 1.807) is 26.0 Å². The number of ether oxygens (including phenoxy) is 2. The molecule has 0 radical (unpaired) electrons. The second-order valence-electron chi connectivity index (χ2n) is 10.6. The number of aliphatic hydroxyl groups is 3. The van der Waals surface area contributed by atoms with E-state index in [1.165, 1.54) is 13.8 Å². The van der Waals surface area contributed by atoms with Crippen LogP contribution >= 0.6 is 0 Å². The Morgan fingerprint density at radius 2 is 1.78 bits per heavy atom. The maximum Gasteiger partial charge on any atom is 0.303 e. The van der Waals surface area contributed by atoms with Gasteiger partial charge in [0, 0.05) is 49.4 Å². The summed E-state index contributed by atoms with van der Waals surface area (Å²) >= 11 is 0. The molecule has 0 unspecified atom stereocenters. The molecule has 0 aliphatic heterocycles. The zero-order chi connectivity index (χ0) is 24.0. The molecule has 32 heavy (non-hydrogen) atoms. The van der Waals surface area contributed by atoms with Gasteiger partial charge < -0.3 is 24.8 Å². The van der Waals surface area contributed by atoms with E-state index in [0.29, 0.717) is 11.1 Å². The molecule has 0 aromatic carbocycles. The van der Waals surface area contributed by atoms with Crippen molar-refractivity contribution in [2.24, 2.45) is 29.1 Å². The molecule has 0 amide bonds. The second-order valence-corrected chi connectivity index (χ2v) is 10.6. The van der Waals surface area contributed by atoms with Gasteiger partial charge in [0.1, 0.15) is 11.7 Å². The van der Waals surface area contributed by atoms with Crippen LogP contribution < -0.4 is 0 Å². The molecule has 2 saturated carbocycles. The minimum atomic E-state index is -1.92. The van der Waals surface area contributed by atoms with Crippen LogP contribution in [0.4, 0.5) is 0 Å². The Labute approximate surface area is 187 Å². The Morgan fingerprint density at radius 1 is 1.16 bits per heavy atom. The van der Waals surface area contributed by atoms with Crippen LogP contribution in [-0.4, -0.2) is 62.6 Å². The van der Waals surface area contributed by atoms with Crippen LogP contribution in [0, 0.1) is 29.1 Å². The predicted octanol–water partition coefficient (Wildman–Crippen LogP) is 1.07. The molecule has 4 aliphatic rings. The maximum absolute atomic E-state index is 13.0. The lowest BCUT2D eigenvalue weighted by Crippen LogP contribution is -2.66. The smallest absolute Gasteiger partial charge is 0.303 e. The fraction of sp³-hybridized carbons (Fsp3) is 0.708. The number of aliphatic hydroxyl groups excluding tert-OH is 1. The third kappa shape index (κ3) is 2.57. The first kappa shape index (κ1) is 23.1. The summed E-state index contributed by atoms with van der Waals surface area (Å²) in [6.07, 6.45) is 2.23. The van der Waals surface area contributed by atoms with Gasteiger partial charge in [-0.25, -0.2) is 0 Å². The van der Waals surface area contributed by atoms with Crippen molar-refractivity contribution in [1.29, 1.82) is 0 Å². The minimum Gasteiger partial charge on any atom is -0.458 e. The van der Waals surface area contributed by atoms with Gasteiger partial charge in [0.25, 0.3) is 0 Å². The van der Waals surface area contributed by atoms with E-state index in [4.69, 9.17) is 9.47 Å². The zero-order valence-electron chi connectivity index (χ0n) is 19.3. The van der Waals surface area contributed by atoms with Crippen LogP contribution in [0.15, 0.2) is 23.3 Å². The summed E-state index contributed by atoms with van der Waals surface area (Å²) in [5.41, 5.74) is -4.69. The van der Waals surface area contributed by atoms with Crippen molar-refractivity contribution in [3.63, 3.8) is 0 Å². The van der Waals surface area contributed by atoms with Crippen molar-refractivity contribution >= 4 is 17.7 Å². The van der Waals surface area contributed by atoms with Crippen LogP contribution in [0.5, 0.6) is 0 Å². The lowest BCUT2D eigenvalue weighted by molar-refractivity contribution is -0.227. The number of hydrogen-bond donors (Lipinski definition) is 3. The number of carbonyl (C=O) groups excluding carboxylic acids is 3. The van der Waals surface area contributed by atoms with Gasteiger partial charge in [0.15, 0.2) is 11.4 Å². The molecule has 0 spiro atoms. The minimum absolute atomic E-state index is 0.113. The highest BCUT2D eigenvalue weighted by Crippen LogP contribution is 2.77. The highest BCUT2D eigenvalue weighted by Gasteiger charge is 2.87. The number of Topliss-reactive ketones (excluding diaryl/α,β-unsaturated/α-hetero) is 1. The number of hydrogen-bond acceptors (Lipinski definition) is 8. The standard InChI is InChI=1S/C24H32O8/c1-11-7-17-22(29,19(11)28)9-15(10-25)8-16-18-21(5,6)24(18,32-14(4)27)20(31-13(3)26)12(2)23(16,17)30/h7-8,12,16-18,20,25,29-30H,9-10H2,1-6H3/t12-,16+,17-,18-,20-,22+,23+,24-/m1/s1. The molecule has 0 aromatic rings. The van der Waals surface area contributed by atoms with Crippen LogP contribution in [-0.2, 0) is 23.9 Å². The summed E-state index contributed by atoms with van der Waals surface area (Å²) in [5.74, 6) is -4.49. The van der Waals surface area contributed by atoms with E-state index in [9.17, 15) is 29.7 Å². The van der Waals surface area contributed by atoms with Gasteiger partial charge in [0.2, 0.25) is 0 Å². The number of esters is 2. The highest BCUT2D eigenvalue weighted by molar-refractivity contribution is 6.04. The van der Waals surface area contributed by atoms with Gasteiger partial charge in [-0.15, -0.1) is 0 Å². The SMILES string of the molecule is CC(=O)O[C@@H]1[C@@H](C)[C@]2(O)[C@@H](C=C(CO)C[C@@]3(O)C(=O)C(C)=C[C@@H]23)[C@@H]2C(C)(C)[C@]12OC(C)=O. The zero-order valence-corrected chi connectivity index (χ0v) is 19.3. The molecular formula is C24H32O8. The Balaban J connectivity index is 1.97. The van der Waals surface area contributed by atoms with Crippen LogP contribution in [0.3, 0.4) is 0 Å². The second kappa shape index (κ2) is 6.74. The van der Waals surface area contributed by atoms with Gasteiger partial charge in [-0.1, -0.05) is 32.9 Å². The van der Waals surface area contributed by atoms with Crippen LogP contribution in [0.2, 0.25) is 0 Å². The summed E-state index contributed by atoms with van der Waals surface area (Å²) in [5, 5.41) is 33.9. The lowest BCUT2D eigenvalue weighted by atomic mass is 9.59. The normalized spacial score (nSPS) is 46.0. The first-order valence-corrected chi connectivity index (χ1v) is 11.0. The van der Waals surface area contributed by atoms with E-state index in [0.717, 1.165) is 0 Å². The fourth-order valence-electron chi connectivity index (χ4n) is 7.24. The maximum atomic E-state index is 13.0. The van der Waals surface area contributed by atoms with Gasteiger partial charge in [-0.3, -0.25) is 14.4 Å². The number of rotatable bonds is 3. The van der Waals surface area contributed by atoms with E-state index < -0.39 is 69.7 Å². The number of ketones is 1. The van der Waals surface area contributed by atoms with Crippen molar-refractivity contribution in [3.05, 3.63) is 23.3 Å². The van der Waals surface area contributed by atoms with Crippen molar-refractivity contribution < 1.29 is 39.2 Å². The van der Waals surface area contributed by atoms with Crippen molar-refractivity contribution in [1.82, 2.24) is 0 Å². The molecule has 8 heteroatoms. The first-order valence-electron chi connectivity index (χ1n) is 11.0. The quantitative estimate of drug-likeness (QED) is 0.432. The summed E-state index contributed by atoms with van der Waals surface area (Å²) in [7, 11) is 0. The topological polar surface area (TPSA) is 130 Å². The monoisotopic (exact) mass is 448 g/mol. The van der Waals surface area contributed by atoms with Crippen molar-refractivity contribution in [2.75, 3.05) is 6.61 Å². The summed E-state index contributed by atoms with van der Waals surface area (Å²) in [6.45, 7) is 9.23. The van der Waals surface area contributed by atoms with Gasteiger partial charge in [0.05, 0.1) is 12.2 Å². The molecule has 0 heterocycles. The van der Waals surface area contributed by atoms with E-state index in [-0.39, 0.29) is 13.0 Å². The lowest BCUT2D eigenvalue weighted by Gasteiger charge is -2.53. The van der Waals surface area contributed by atoms with Crippen LogP contribution in [0.25, 0.3) is 0 Å². The third-order valence-corrected chi connectivity index (χ3v) is 8.56. The van der Waals surface area contributed by atoms with Gasteiger partial charge in [-0.2, -0.15) is 0 Å². The first-order chi connectivity index (χ1) is 14.7. The number of fused-ring (bicyclic) bond motifs is 5. The molecule has 176 valence electrons. The molecule has 0 bridgehead atoms. The molecule has 4 rings (SSSR count). The van der Waals surface area contributed by atoms with Crippen molar-refractivity contribution in [2.45, 2.75) is 70.9 Å². The third-order valence-electron chi connectivity index (χ3n) is 8.56. The Kier molecular flexibility index (Phi) is 4.88. The van der Waals surface area contributed by atoms with E-state index in [2.05, 4.69) is 0 Å². The van der Waals surface area contributed by atoms with Gasteiger partial charge >= 0.3 is 11.9 Å². The predicted molar refractivity (Wildman–Crippen MR) is 112 cm³/mol. The largest absolute Gasteiger partial charge is 0.458 e. The Hall–Kier alpha value is -2.03. The van der Waals surface area contributed by atoms with Crippen LogP contribution in [0.1, 0.15) is 48.0 Å². The van der Waals surface area contributed by atoms with E-state index >= 15 is 0 Å². The Morgan fingerprint density at radius 3 is 2.31 bits per heavy atom. The molecule has 3 N–H and O–H groups in total. The Bertz CT molecular complexity index is 963. The average Bonchev–Trinajstić information content (AvgIpc) is 3.10. The molecule has 0 saturated heterocycles. The number of carbonyl (C=O) groups is 3. The molecule has 4 aliphatic carbocycles. The molecule has 0 aromatic heterocycles. The van der Waals surface area contributed by atoms with Gasteiger partial charge in [-0.05, 0) is 18.1 Å². The molecule has 8 nitrogen and oxygen atoms in total. The van der Waals surface area contributed by atoms with E-state index in [1.807, 2.05) is 13.8 Å².